The van der Waals surface area contributed by atoms with E-state index >= 15 is 0 Å². The number of fused-ring (bicyclic) bond motifs is 2. The Hall–Kier alpha value is -1.72. The van der Waals surface area contributed by atoms with Crippen molar-refractivity contribution in [3.63, 3.8) is 0 Å². The molecule has 0 amide bonds. The molecule has 25 heavy (non-hydrogen) atoms. The highest BCUT2D eigenvalue weighted by Crippen LogP contribution is 2.56. The summed E-state index contributed by atoms with van der Waals surface area (Å²) in [5, 5.41) is 0. The number of nitrogens with zero attached hydrogens (tertiary/aromatic N) is 1. The van der Waals surface area contributed by atoms with Crippen molar-refractivity contribution >= 4 is 0 Å². The van der Waals surface area contributed by atoms with Crippen molar-refractivity contribution in [3.05, 3.63) is 28.8 Å². The highest BCUT2D eigenvalue weighted by molar-refractivity contribution is 5.64. The minimum atomic E-state index is -0.0704. The van der Waals surface area contributed by atoms with Crippen LogP contribution in [0.15, 0.2) is 17.7 Å². The number of benzene rings is 1. The van der Waals surface area contributed by atoms with Crippen molar-refractivity contribution in [1.29, 1.82) is 0 Å². The van der Waals surface area contributed by atoms with Crippen molar-refractivity contribution < 1.29 is 18.9 Å². The lowest BCUT2D eigenvalue weighted by atomic mass is 9.73. The molecule has 3 aliphatic heterocycles. The molecule has 0 aromatic heterocycles. The maximum absolute atomic E-state index is 5.81. The first-order valence-corrected chi connectivity index (χ1v) is 9.25. The molecule has 1 fully saturated rings. The second-order valence-electron chi connectivity index (χ2n) is 7.40. The van der Waals surface area contributed by atoms with Gasteiger partial charge in [0.1, 0.15) is 0 Å². The van der Waals surface area contributed by atoms with Crippen LogP contribution in [0.25, 0.3) is 0 Å². The average Bonchev–Trinajstić information content (AvgIpc) is 3.22. The van der Waals surface area contributed by atoms with Crippen LogP contribution in [0.2, 0.25) is 0 Å². The van der Waals surface area contributed by atoms with Gasteiger partial charge in [-0.15, -0.1) is 0 Å². The van der Waals surface area contributed by atoms with Crippen LogP contribution in [0.5, 0.6) is 17.2 Å². The zero-order chi connectivity index (χ0) is 17.0. The summed E-state index contributed by atoms with van der Waals surface area (Å²) in [5.74, 6) is 2.46. The van der Waals surface area contributed by atoms with Crippen LogP contribution in [0.3, 0.4) is 0 Å². The lowest BCUT2D eigenvalue weighted by molar-refractivity contribution is 0.0346. The number of ether oxygens (including phenoxy) is 4. The third-order valence-electron chi connectivity index (χ3n) is 6.43. The van der Waals surface area contributed by atoms with Crippen LogP contribution in [-0.4, -0.2) is 45.1 Å². The van der Waals surface area contributed by atoms with Gasteiger partial charge in [-0.2, -0.15) is 0 Å². The Balaban J connectivity index is 1.77. The smallest absolute Gasteiger partial charge is 0.231 e. The monoisotopic (exact) mass is 343 g/mol. The van der Waals surface area contributed by atoms with E-state index in [1.165, 1.54) is 11.1 Å². The van der Waals surface area contributed by atoms with Crippen molar-refractivity contribution in [3.8, 4) is 17.2 Å². The fourth-order valence-electron chi connectivity index (χ4n) is 5.34. The first kappa shape index (κ1) is 15.5. The van der Waals surface area contributed by atoms with Gasteiger partial charge in [0.15, 0.2) is 11.5 Å². The van der Waals surface area contributed by atoms with Crippen LogP contribution < -0.4 is 14.2 Å². The molecule has 0 radical (unpaired) electrons. The fourth-order valence-corrected chi connectivity index (χ4v) is 5.34. The zero-order valence-corrected chi connectivity index (χ0v) is 15.0. The van der Waals surface area contributed by atoms with E-state index in [0.717, 1.165) is 62.4 Å². The highest BCUT2D eigenvalue weighted by atomic mass is 16.7. The Morgan fingerprint density at radius 1 is 1.20 bits per heavy atom. The van der Waals surface area contributed by atoms with Gasteiger partial charge in [0, 0.05) is 25.6 Å². The van der Waals surface area contributed by atoms with Crippen LogP contribution in [-0.2, 0) is 16.7 Å². The topological polar surface area (TPSA) is 40.2 Å². The van der Waals surface area contributed by atoms with E-state index in [0.29, 0.717) is 0 Å². The molecule has 5 heteroatoms. The van der Waals surface area contributed by atoms with Gasteiger partial charge < -0.3 is 18.9 Å². The number of methoxy groups -OCH3 is 2. The van der Waals surface area contributed by atoms with E-state index in [2.05, 4.69) is 17.0 Å². The lowest BCUT2D eigenvalue weighted by Crippen LogP contribution is -2.46. The molecular formula is C20H25NO4. The third-order valence-corrected chi connectivity index (χ3v) is 6.43. The van der Waals surface area contributed by atoms with E-state index in [-0.39, 0.29) is 18.4 Å². The molecule has 0 unspecified atom stereocenters. The van der Waals surface area contributed by atoms with Crippen molar-refractivity contribution in [2.24, 2.45) is 0 Å². The van der Waals surface area contributed by atoms with Crippen molar-refractivity contribution in [1.82, 2.24) is 4.90 Å². The minimum absolute atomic E-state index is 0.0704. The van der Waals surface area contributed by atoms with Gasteiger partial charge in [-0.25, -0.2) is 0 Å². The highest BCUT2D eigenvalue weighted by Gasteiger charge is 2.52. The predicted molar refractivity (Wildman–Crippen MR) is 93.4 cm³/mol. The molecule has 1 saturated heterocycles. The Morgan fingerprint density at radius 3 is 2.96 bits per heavy atom. The van der Waals surface area contributed by atoms with E-state index in [1.54, 1.807) is 12.7 Å². The molecule has 1 aliphatic carbocycles. The van der Waals surface area contributed by atoms with E-state index in [9.17, 15) is 0 Å². The molecule has 2 atom stereocenters. The summed E-state index contributed by atoms with van der Waals surface area (Å²) >= 11 is 0. The largest absolute Gasteiger partial charge is 0.492 e. The SMILES string of the molecule is COc1c2c(cc3c1OCO3)[C@]13C[C@@H](OC)CC=C1CCN3CCC2. The second-order valence-corrected chi connectivity index (χ2v) is 7.40. The summed E-state index contributed by atoms with van der Waals surface area (Å²) < 4.78 is 23.1. The maximum atomic E-state index is 5.81. The van der Waals surface area contributed by atoms with E-state index in [4.69, 9.17) is 18.9 Å². The van der Waals surface area contributed by atoms with Crippen molar-refractivity contribution in [2.45, 2.75) is 43.7 Å². The molecule has 3 heterocycles. The van der Waals surface area contributed by atoms with Crippen LogP contribution in [0.4, 0.5) is 0 Å². The molecular weight excluding hydrogens is 318 g/mol. The Kier molecular flexibility index (Phi) is 3.51. The Morgan fingerprint density at radius 2 is 2.12 bits per heavy atom. The molecule has 5 nitrogen and oxygen atoms in total. The molecule has 1 aromatic carbocycles. The average molecular weight is 343 g/mol. The molecule has 5 rings (SSSR count). The third kappa shape index (κ3) is 2.02. The van der Waals surface area contributed by atoms with Gasteiger partial charge >= 0.3 is 0 Å². The maximum Gasteiger partial charge on any atom is 0.231 e. The summed E-state index contributed by atoms with van der Waals surface area (Å²) in [6.07, 6.45) is 7.99. The summed E-state index contributed by atoms with van der Waals surface area (Å²) in [4.78, 5) is 2.66. The van der Waals surface area contributed by atoms with Gasteiger partial charge in [-0.1, -0.05) is 6.08 Å². The predicted octanol–water partition coefficient (Wildman–Crippen LogP) is 3.01. The van der Waals surface area contributed by atoms with Gasteiger partial charge in [0.25, 0.3) is 0 Å². The van der Waals surface area contributed by atoms with E-state index in [1.807, 2.05) is 7.11 Å². The van der Waals surface area contributed by atoms with E-state index < -0.39 is 0 Å². The van der Waals surface area contributed by atoms with Gasteiger partial charge in [0.2, 0.25) is 12.5 Å². The molecule has 1 spiro atoms. The number of hydrogen-bond donors (Lipinski definition) is 0. The Bertz CT molecular complexity index is 744. The van der Waals surface area contributed by atoms with Crippen LogP contribution >= 0.6 is 0 Å². The van der Waals surface area contributed by atoms with Crippen LogP contribution in [0, 0.1) is 0 Å². The summed E-state index contributed by atoms with van der Waals surface area (Å²) in [5.41, 5.74) is 4.11. The fraction of sp³-hybridized carbons (Fsp3) is 0.600. The summed E-state index contributed by atoms with van der Waals surface area (Å²) in [6.45, 7) is 2.51. The summed E-state index contributed by atoms with van der Waals surface area (Å²) in [6, 6.07) is 2.22. The summed E-state index contributed by atoms with van der Waals surface area (Å²) in [7, 11) is 3.57. The van der Waals surface area contributed by atoms with Gasteiger partial charge in [0.05, 0.1) is 18.8 Å². The first-order valence-electron chi connectivity index (χ1n) is 9.25. The van der Waals surface area contributed by atoms with Gasteiger partial charge in [-0.3, -0.25) is 4.90 Å². The van der Waals surface area contributed by atoms with Gasteiger partial charge in [-0.05, 0) is 49.4 Å². The second kappa shape index (κ2) is 5.64. The number of hydrogen-bond acceptors (Lipinski definition) is 5. The standard InChI is InChI=1S/C20H25NO4/c1-22-14-6-5-13-7-9-21-8-3-4-15-16(20(13,21)11-14)10-17-19(18(15)23-2)25-12-24-17/h5,10,14H,3-4,6-9,11-12H2,1-2H3/t14-,20-/m0/s1. The normalized spacial score (nSPS) is 30.2. The lowest BCUT2D eigenvalue weighted by Gasteiger charge is -2.44. The minimum Gasteiger partial charge on any atom is -0.492 e. The first-order chi connectivity index (χ1) is 12.3. The zero-order valence-electron chi connectivity index (χ0n) is 15.0. The molecule has 1 aromatic rings. The molecule has 0 bridgehead atoms. The van der Waals surface area contributed by atoms with Crippen LogP contribution in [0.1, 0.15) is 36.8 Å². The van der Waals surface area contributed by atoms with Crippen molar-refractivity contribution in [2.75, 3.05) is 34.1 Å². The number of rotatable bonds is 2. The molecule has 0 N–H and O–H groups in total. The quantitative estimate of drug-likeness (QED) is 0.772. The molecule has 0 saturated carbocycles. The molecule has 4 aliphatic rings. The Labute approximate surface area is 148 Å². The molecule has 134 valence electrons.